The average molecular weight is 399 g/mol. The Balaban J connectivity index is 1.28. The van der Waals surface area contributed by atoms with Crippen LogP contribution in [0.1, 0.15) is 56.2 Å². The second-order valence-electron chi connectivity index (χ2n) is 8.37. The third kappa shape index (κ3) is 4.36. The summed E-state index contributed by atoms with van der Waals surface area (Å²) in [6, 6.07) is 2.05. The fourth-order valence-corrected chi connectivity index (χ4v) is 4.11. The van der Waals surface area contributed by atoms with E-state index in [1.54, 1.807) is 6.20 Å². The van der Waals surface area contributed by atoms with Crippen molar-refractivity contribution in [2.75, 3.05) is 13.1 Å². The molecule has 1 unspecified atom stereocenters. The molecule has 1 atom stereocenters. The highest BCUT2D eigenvalue weighted by molar-refractivity contribution is 5.74. The van der Waals surface area contributed by atoms with Crippen LogP contribution in [0.15, 0.2) is 18.5 Å². The van der Waals surface area contributed by atoms with Gasteiger partial charge in [0, 0.05) is 68.8 Å². The molecular formula is C21H30N6O2. The van der Waals surface area contributed by atoms with Gasteiger partial charge in [0.05, 0.1) is 0 Å². The monoisotopic (exact) mass is 398 g/mol. The first kappa shape index (κ1) is 19.7. The third-order valence-corrected chi connectivity index (χ3v) is 5.81. The zero-order chi connectivity index (χ0) is 20.4. The van der Waals surface area contributed by atoms with Crippen molar-refractivity contribution in [2.24, 2.45) is 0 Å². The molecule has 2 aliphatic rings. The van der Waals surface area contributed by atoms with Crippen molar-refractivity contribution in [1.82, 2.24) is 30.0 Å². The highest BCUT2D eigenvalue weighted by Gasteiger charge is 2.28. The van der Waals surface area contributed by atoms with Crippen LogP contribution < -0.4 is 10.1 Å². The van der Waals surface area contributed by atoms with Crippen LogP contribution in [0.25, 0.3) is 0 Å². The maximum Gasteiger partial charge on any atom is 0.317 e. The number of amides is 2. The SMILES string of the molecule is Cc1cnccc1OC1CCN(C(=O)NC2CCc3nnc(C(C)C)n3C2)CC1. The molecular weight excluding hydrogens is 368 g/mol. The van der Waals surface area contributed by atoms with Crippen LogP contribution in [0.3, 0.4) is 0 Å². The molecule has 1 fully saturated rings. The van der Waals surface area contributed by atoms with Gasteiger partial charge in [-0.1, -0.05) is 13.8 Å². The van der Waals surface area contributed by atoms with Crippen molar-refractivity contribution in [2.45, 2.75) is 71.1 Å². The number of ether oxygens (including phenoxy) is 1. The molecule has 0 radical (unpaired) electrons. The topological polar surface area (TPSA) is 85.2 Å². The summed E-state index contributed by atoms with van der Waals surface area (Å²) in [4.78, 5) is 18.8. The average Bonchev–Trinajstić information content (AvgIpc) is 3.14. The van der Waals surface area contributed by atoms with Crippen molar-refractivity contribution >= 4 is 6.03 Å². The maximum atomic E-state index is 12.8. The van der Waals surface area contributed by atoms with E-state index in [9.17, 15) is 4.79 Å². The second kappa shape index (κ2) is 8.39. The van der Waals surface area contributed by atoms with E-state index in [0.717, 1.165) is 55.2 Å². The number of likely N-dealkylation sites (tertiary alicyclic amines) is 1. The van der Waals surface area contributed by atoms with E-state index in [-0.39, 0.29) is 18.2 Å². The predicted molar refractivity (Wildman–Crippen MR) is 109 cm³/mol. The Hall–Kier alpha value is -2.64. The third-order valence-electron chi connectivity index (χ3n) is 5.81. The summed E-state index contributed by atoms with van der Waals surface area (Å²) in [5.41, 5.74) is 1.04. The molecule has 1 saturated heterocycles. The highest BCUT2D eigenvalue weighted by Crippen LogP contribution is 2.23. The number of aryl methyl sites for hydroxylation is 2. The van der Waals surface area contributed by atoms with Gasteiger partial charge >= 0.3 is 6.03 Å². The molecule has 2 amide bonds. The number of carbonyl (C=O) groups excluding carboxylic acids is 1. The van der Waals surface area contributed by atoms with Crippen LogP contribution in [0.2, 0.25) is 0 Å². The number of rotatable bonds is 4. The number of piperidine rings is 1. The Morgan fingerprint density at radius 1 is 1.24 bits per heavy atom. The highest BCUT2D eigenvalue weighted by atomic mass is 16.5. The minimum absolute atomic E-state index is 0.0242. The van der Waals surface area contributed by atoms with E-state index in [1.807, 2.05) is 24.1 Å². The van der Waals surface area contributed by atoms with Gasteiger partial charge in [-0.2, -0.15) is 0 Å². The van der Waals surface area contributed by atoms with Gasteiger partial charge < -0.3 is 19.5 Å². The Morgan fingerprint density at radius 2 is 2.03 bits per heavy atom. The minimum atomic E-state index is 0.0242. The Morgan fingerprint density at radius 3 is 2.76 bits per heavy atom. The number of pyridine rings is 1. The molecule has 0 bridgehead atoms. The molecule has 8 nitrogen and oxygen atoms in total. The Kier molecular flexibility index (Phi) is 5.69. The number of hydrogen-bond acceptors (Lipinski definition) is 5. The normalized spacial score (nSPS) is 19.9. The van der Waals surface area contributed by atoms with Crippen LogP contribution in [-0.2, 0) is 13.0 Å². The summed E-state index contributed by atoms with van der Waals surface area (Å²) in [5, 5.41) is 11.8. The molecule has 0 spiro atoms. The number of carbonyl (C=O) groups is 1. The molecule has 4 heterocycles. The lowest BCUT2D eigenvalue weighted by atomic mass is 10.1. The molecule has 29 heavy (non-hydrogen) atoms. The summed E-state index contributed by atoms with van der Waals surface area (Å²) >= 11 is 0. The van der Waals surface area contributed by atoms with Gasteiger partial charge in [-0.05, 0) is 19.4 Å². The van der Waals surface area contributed by atoms with E-state index < -0.39 is 0 Å². The number of nitrogens with one attached hydrogen (secondary N) is 1. The summed E-state index contributed by atoms with van der Waals surface area (Å²) in [6.07, 6.45) is 7.15. The van der Waals surface area contributed by atoms with Crippen LogP contribution in [-0.4, -0.2) is 55.9 Å². The standard InChI is InChI=1S/C21H30N6O2/c1-14(2)20-25-24-19-5-4-16(13-27(19)20)23-21(28)26-10-7-17(8-11-26)29-18-6-9-22-12-15(18)3/h6,9,12,14,16-17H,4-5,7-8,10-11,13H2,1-3H3,(H,23,28). The summed E-state index contributed by atoms with van der Waals surface area (Å²) < 4.78 is 8.29. The van der Waals surface area contributed by atoms with Gasteiger partial charge in [0.2, 0.25) is 0 Å². The summed E-state index contributed by atoms with van der Waals surface area (Å²) in [7, 11) is 0. The lowest BCUT2D eigenvalue weighted by molar-refractivity contribution is 0.108. The van der Waals surface area contributed by atoms with Gasteiger partial charge in [-0.15, -0.1) is 10.2 Å². The smallest absolute Gasteiger partial charge is 0.317 e. The van der Waals surface area contributed by atoms with Gasteiger partial charge in [-0.3, -0.25) is 4.98 Å². The number of aromatic nitrogens is 4. The van der Waals surface area contributed by atoms with Gasteiger partial charge in [0.1, 0.15) is 23.5 Å². The molecule has 1 N–H and O–H groups in total. The van der Waals surface area contributed by atoms with E-state index in [1.165, 1.54) is 0 Å². The molecule has 8 heteroatoms. The van der Waals surface area contributed by atoms with E-state index in [2.05, 4.69) is 38.9 Å². The van der Waals surface area contributed by atoms with Crippen molar-refractivity contribution in [1.29, 1.82) is 0 Å². The first-order valence-corrected chi connectivity index (χ1v) is 10.6. The molecule has 0 aromatic carbocycles. The molecule has 156 valence electrons. The zero-order valence-electron chi connectivity index (χ0n) is 17.5. The van der Waals surface area contributed by atoms with E-state index in [4.69, 9.17) is 4.74 Å². The predicted octanol–water partition coefficient (Wildman–Crippen LogP) is 2.67. The first-order chi connectivity index (χ1) is 14.0. The molecule has 2 aromatic heterocycles. The van der Waals surface area contributed by atoms with Crippen LogP contribution in [0, 0.1) is 6.92 Å². The minimum Gasteiger partial charge on any atom is -0.490 e. The van der Waals surface area contributed by atoms with Crippen molar-refractivity contribution in [3.63, 3.8) is 0 Å². The number of urea groups is 1. The quantitative estimate of drug-likeness (QED) is 0.856. The lowest BCUT2D eigenvalue weighted by Crippen LogP contribution is -2.51. The van der Waals surface area contributed by atoms with E-state index >= 15 is 0 Å². The lowest BCUT2D eigenvalue weighted by Gasteiger charge is -2.34. The second-order valence-corrected chi connectivity index (χ2v) is 8.37. The number of hydrogen-bond donors (Lipinski definition) is 1. The summed E-state index contributed by atoms with van der Waals surface area (Å²) in [6.45, 7) is 8.42. The molecule has 2 aliphatic heterocycles. The number of nitrogens with zero attached hydrogens (tertiary/aromatic N) is 5. The first-order valence-electron chi connectivity index (χ1n) is 10.6. The van der Waals surface area contributed by atoms with Gasteiger partial charge in [0.25, 0.3) is 0 Å². The largest absolute Gasteiger partial charge is 0.490 e. The fourth-order valence-electron chi connectivity index (χ4n) is 4.11. The Bertz CT molecular complexity index is 857. The van der Waals surface area contributed by atoms with Crippen molar-refractivity contribution in [3.8, 4) is 5.75 Å². The van der Waals surface area contributed by atoms with Crippen LogP contribution in [0.5, 0.6) is 5.75 Å². The maximum absolute atomic E-state index is 12.8. The van der Waals surface area contributed by atoms with Gasteiger partial charge in [-0.25, -0.2) is 4.79 Å². The number of fused-ring (bicyclic) bond motifs is 1. The molecule has 4 rings (SSSR count). The molecule has 0 saturated carbocycles. The Labute approximate surface area is 171 Å². The van der Waals surface area contributed by atoms with Crippen molar-refractivity contribution in [3.05, 3.63) is 35.7 Å². The zero-order valence-corrected chi connectivity index (χ0v) is 17.5. The summed E-state index contributed by atoms with van der Waals surface area (Å²) in [5.74, 6) is 3.25. The van der Waals surface area contributed by atoms with Crippen molar-refractivity contribution < 1.29 is 9.53 Å². The fraction of sp³-hybridized carbons (Fsp3) is 0.619. The van der Waals surface area contributed by atoms with Crippen LogP contribution in [0.4, 0.5) is 4.79 Å². The van der Waals surface area contributed by atoms with Gasteiger partial charge in [0.15, 0.2) is 0 Å². The molecule has 2 aromatic rings. The molecule has 0 aliphatic carbocycles. The van der Waals surface area contributed by atoms with E-state index in [0.29, 0.717) is 19.0 Å². The van der Waals surface area contributed by atoms with Crippen LogP contribution >= 0.6 is 0 Å².